The van der Waals surface area contributed by atoms with Crippen molar-refractivity contribution in [2.45, 2.75) is 278 Å². The van der Waals surface area contributed by atoms with Crippen LogP contribution in [0.4, 0.5) is 0 Å². The van der Waals surface area contributed by atoms with Crippen LogP contribution in [0.15, 0.2) is 34.9 Å². The van der Waals surface area contributed by atoms with Gasteiger partial charge in [0, 0.05) is 25.0 Å². The first kappa shape index (κ1) is 63.1. The summed E-state index contributed by atoms with van der Waals surface area (Å²) >= 11 is 0. The predicted octanol–water partition coefficient (Wildman–Crippen LogP) is 12.0. The van der Waals surface area contributed by atoms with Crippen molar-refractivity contribution in [1.82, 2.24) is 0 Å². The van der Waals surface area contributed by atoms with Crippen LogP contribution >= 0.6 is 12.4 Å². The lowest BCUT2D eigenvalue weighted by atomic mass is 9.43. The molecule has 456 valence electrons. The number of fused-ring (bicyclic) bond motifs is 18. The van der Waals surface area contributed by atoms with Crippen molar-refractivity contribution in [3.05, 3.63) is 34.9 Å². The summed E-state index contributed by atoms with van der Waals surface area (Å²) in [5.41, 5.74) is 25.3. The van der Waals surface area contributed by atoms with Gasteiger partial charge in [0.15, 0.2) is 5.79 Å². The zero-order valence-electron chi connectivity index (χ0n) is 51.8. The van der Waals surface area contributed by atoms with E-state index in [1.54, 1.807) is 16.7 Å². The molecule has 0 aromatic carbocycles. The van der Waals surface area contributed by atoms with E-state index in [9.17, 15) is 20.4 Å². The Kier molecular flexibility index (Phi) is 17.9. The average Bonchev–Trinajstić information content (AvgIpc) is 4.31. The molecular formula is C68H114ClN3O8. The van der Waals surface area contributed by atoms with Crippen molar-refractivity contribution in [2.24, 2.45) is 121 Å². The maximum atomic E-state index is 11.1. The maximum absolute atomic E-state index is 11.1. The highest BCUT2D eigenvalue weighted by atomic mass is 35.5. The van der Waals surface area contributed by atoms with Crippen LogP contribution in [0.1, 0.15) is 218 Å². The first-order valence-electron chi connectivity index (χ1n) is 32.6. The number of aliphatic hydroxyl groups excluding tert-OH is 4. The summed E-state index contributed by atoms with van der Waals surface area (Å²) in [7, 11) is 0. The second kappa shape index (κ2) is 22.7. The molecule has 13 fully saturated rings. The van der Waals surface area contributed by atoms with Gasteiger partial charge in [0.2, 0.25) is 0 Å². The van der Waals surface area contributed by atoms with E-state index in [0.717, 1.165) is 63.7 Å². The Bertz CT molecular complexity index is 2250. The molecule has 0 spiro atoms. The van der Waals surface area contributed by atoms with E-state index in [-0.39, 0.29) is 82.0 Å². The van der Waals surface area contributed by atoms with Crippen LogP contribution < -0.4 is 17.2 Å². The zero-order chi connectivity index (χ0) is 57.3. The normalized spacial score (nSPS) is 55.1. The van der Waals surface area contributed by atoms with Gasteiger partial charge in [-0.2, -0.15) is 0 Å². The first-order chi connectivity index (χ1) is 37.1. The number of carboxylic acid groups (broad SMARTS) is 1. The molecule has 0 aromatic heterocycles. The Balaban J connectivity index is 0.000000140. The number of allylic oxidation sites excluding steroid dienone is 6. The monoisotopic (exact) mass is 1140 g/mol. The van der Waals surface area contributed by atoms with Crippen LogP contribution in [0.2, 0.25) is 0 Å². The molecule has 12 aliphatic carbocycles. The van der Waals surface area contributed by atoms with E-state index >= 15 is 0 Å². The van der Waals surface area contributed by atoms with Crippen molar-refractivity contribution in [1.29, 1.82) is 0 Å². The maximum Gasteiger partial charge on any atom is 0.300 e. The number of hydrogen-bond acceptors (Lipinski definition) is 10. The molecule has 11 N–H and O–H groups in total. The molecule has 0 amide bonds. The van der Waals surface area contributed by atoms with Gasteiger partial charge in [-0.1, -0.05) is 76.5 Å². The third kappa shape index (κ3) is 9.97. The lowest BCUT2D eigenvalue weighted by molar-refractivity contribution is -0.210. The first-order valence-corrected chi connectivity index (χ1v) is 32.6. The summed E-state index contributed by atoms with van der Waals surface area (Å²) < 4.78 is 13.3. The minimum absolute atomic E-state index is 0. The molecule has 12 saturated carbocycles. The summed E-state index contributed by atoms with van der Waals surface area (Å²) in [4.78, 5) is 9.00. The summed E-state index contributed by atoms with van der Waals surface area (Å²) in [5.74, 6) is 4.43. The Morgan fingerprint density at radius 3 is 1.09 bits per heavy atom. The third-order valence-corrected chi connectivity index (χ3v) is 27.8. The quantitative estimate of drug-likeness (QED) is 0.107. The van der Waals surface area contributed by atoms with E-state index in [2.05, 4.69) is 94.4 Å². The van der Waals surface area contributed by atoms with Gasteiger partial charge in [-0.25, -0.2) is 0 Å². The summed E-state index contributed by atoms with van der Waals surface area (Å²) in [6.07, 6.45) is 29.8. The number of hydrogen-bond donors (Lipinski definition) is 8. The van der Waals surface area contributed by atoms with Crippen molar-refractivity contribution in [2.75, 3.05) is 0 Å². The number of nitrogens with two attached hydrogens (primary N) is 3. The lowest BCUT2D eigenvalue weighted by Gasteiger charge is -2.63. The predicted molar refractivity (Wildman–Crippen MR) is 321 cm³/mol. The van der Waals surface area contributed by atoms with Crippen molar-refractivity contribution >= 4 is 18.4 Å². The lowest BCUT2D eigenvalue weighted by Crippen LogP contribution is -2.64. The highest BCUT2D eigenvalue weighted by Gasteiger charge is 2.69. The van der Waals surface area contributed by atoms with E-state index in [1.165, 1.54) is 89.9 Å². The van der Waals surface area contributed by atoms with Gasteiger partial charge in [-0.15, -0.1) is 12.4 Å². The smallest absolute Gasteiger partial charge is 0.300 e. The fraction of sp³-hybridized carbons (Fsp3) is 0.897. The molecule has 1 saturated heterocycles. The summed E-state index contributed by atoms with van der Waals surface area (Å²) in [6, 6.07) is 0.718. The molecule has 12 heteroatoms. The van der Waals surface area contributed by atoms with Crippen molar-refractivity contribution in [3.8, 4) is 0 Å². The molecular weight excluding hydrogens is 1020 g/mol. The number of aliphatic carboxylic acids is 1. The molecule has 1 aliphatic heterocycles. The Hall–Kier alpha value is -1.38. The van der Waals surface area contributed by atoms with Gasteiger partial charge in [0.05, 0.1) is 36.6 Å². The third-order valence-electron chi connectivity index (χ3n) is 27.8. The molecule has 0 aromatic rings. The van der Waals surface area contributed by atoms with Gasteiger partial charge in [0.1, 0.15) is 0 Å². The number of aliphatic hydroxyl groups is 4. The standard InChI is InChI=1S/C24H39NO2.2C21H35NO2.C2H4O2.ClH/c1-6-14-7-8-16-19-17(10-12-23(14,16)4)24(5)11-9-15(25)13-18(24)20-21(19)27-22(2,3)26-20;2*1-4-12-5-6-14-17-15(8-10-20(12,14)2)21(3)9-7-13(22)11-16(21)18(23)19(17)24;1-2(3)4;/h6,15-21H,7-13,25H2,1-5H3;2*4,13-19,23-24H,5-11,22H2,1-3H3;1H3,(H,3,4);1H/b14-6-;2*12-4-;;/t15-,16?,17?,18?,19?,20+,21+,23+,24+;2*13-,14?,15?,16?,17?,18+,19+,20+,21+;;/m000../s1. The zero-order valence-corrected chi connectivity index (χ0v) is 52.6. The molecule has 13 rings (SSSR count). The van der Waals surface area contributed by atoms with Gasteiger partial charge in [-0.3, -0.25) is 4.79 Å². The van der Waals surface area contributed by atoms with Gasteiger partial charge < -0.3 is 52.2 Å². The minimum atomic E-state index is -0.833. The highest BCUT2D eigenvalue weighted by molar-refractivity contribution is 5.85. The number of rotatable bonds is 0. The Morgan fingerprint density at radius 1 is 0.438 bits per heavy atom. The fourth-order valence-electron chi connectivity index (χ4n) is 23.8. The van der Waals surface area contributed by atoms with Crippen molar-refractivity contribution < 1.29 is 39.8 Å². The number of ether oxygens (including phenoxy) is 2. The number of halogens is 1. The molecule has 80 heavy (non-hydrogen) atoms. The molecule has 12 unspecified atom stereocenters. The van der Waals surface area contributed by atoms with Gasteiger partial charge in [-0.05, 0) is 273 Å². The summed E-state index contributed by atoms with van der Waals surface area (Å²) in [6.45, 7) is 26.7. The van der Waals surface area contributed by atoms with Gasteiger partial charge in [0.25, 0.3) is 5.97 Å². The SMILES string of the molecule is C/C=C1/CCC2C3C(CC[C@]12C)[C@@]1(C)CC[C@H](N)CC1[C@@H](O)[C@@H]3O.C/C=C1/CCC2C3C(CC[C@]12C)[C@@]1(C)CC[C@H](N)CC1[C@@H](O)[C@@H]3O.C/C=C1/CCC2C3C(CC[C@]12C)[C@@]1(C)CC[C@H](N)CC1[C@H]1OC(C)(C)O[C@H]31.CC(=O)O.Cl. The van der Waals surface area contributed by atoms with Crippen LogP contribution in [0.5, 0.6) is 0 Å². The molecule has 0 bridgehead atoms. The fourth-order valence-corrected chi connectivity index (χ4v) is 23.8. The molecule has 1 heterocycles. The number of carboxylic acids is 1. The second-order valence-electron chi connectivity index (χ2n) is 31.3. The van der Waals surface area contributed by atoms with Crippen LogP contribution in [0.25, 0.3) is 0 Å². The average molecular weight is 1140 g/mol. The van der Waals surface area contributed by atoms with Crippen LogP contribution in [-0.2, 0) is 14.3 Å². The minimum Gasteiger partial charge on any atom is -0.481 e. The highest BCUT2D eigenvalue weighted by Crippen LogP contribution is 2.72. The number of carbonyl (C=O) groups is 1. The molecule has 13 aliphatic rings. The Morgan fingerprint density at radius 2 is 0.738 bits per heavy atom. The molecule has 0 radical (unpaired) electrons. The van der Waals surface area contributed by atoms with Crippen molar-refractivity contribution in [3.63, 3.8) is 0 Å². The van der Waals surface area contributed by atoms with Crippen LogP contribution in [0, 0.1) is 104 Å². The van der Waals surface area contributed by atoms with E-state index in [4.69, 9.17) is 36.6 Å². The van der Waals surface area contributed by atoms with Gasteiger partial charge >= 0.3 is 0 Å². The Labute approximate surface area is 490 Å². The van der Waals surface area contributed by atoms with Crippen LogP contribution in [-0.4, -0.2) is 92.0 Å². The second-order valence-corrected chi connectivity index (χ2v) is 31.3. The molecule has 27 atom stereocenters. The topological polar surface area (TPSA) is 215 Å². The van der Waals surface area contributed by atoms with E-state index in [1.807, 2.05) is 0 Å². The van der Waals surface area contributed by atoms with E-state index in [0.29, 0.717) is 52.4 Å². The van der Waals surface area contributed by atoms with Crippen LogP contribution in [0.3, 0.4) is 0 Å². The summed E-state index contributed by atoms with van der Waals surface area (Å²) in [5, 5.41) is 51.7. The van der Waals surface area contributed by atoms with E-state index < -0.39 is 36.2 Å². The molecule has 11 nitrogen and oxygen atoms in total. The largest absolute Gasteiger partial charge is 0.481 e.